The average Bonchev–Trinajstić information content (AvgIpc) is 3.47. The quantitative estimate of drug-likeness (QED) is 0.247. The minimum atomic E-state index is -1.21. The molecular formula is C25H32O9. The lowest BCUT2D eigenvalue weighted by Gasteiger charge is -2.26. The lowest BCUT2D eigenvalue weighted by molar-refractivity contribution is -0.168. The van der Waals surface area contributed by atoms with Gasteiger partial charge in [-0.3, -0.25) is 4.79 Å². The van der Waals surface area contributed by atoms with Gasteiger partial charge in [-0.2, -0.15) is 0 Å². The van der Waals surface area contributed by atoms with E-state index in [4.69, 9.17) is 18.9 Å². The monoisotopic (exact) mass is 476 g/mol. The summed E-state index contributed by atoms with van der Waals surface area (Å²) in [6.07, 6.45) is -1.62. The van der Waals surface area contributed by atoms with Crippen molar-refractivity contribution < 1.29 is 43.2 Å². The van der Waals surface area contributed by atoms with Gasteiger partial charge >= 0.3 is 17.9 Å². The first-order chi connectivity index (χ1) is 16.2. The van der Waals surface area contributed by atoms with E-state index < -0.39 is 42.0 Å². The third kappa shape index (κ3) is 5.42. The van der Waals surface area contributed by atoms with Crippen molar-refractivity contribution in [2.75, 3.05) is 20.8 Å². The van der Waals surface area contributed by atoms with E-state index in [1.165, 1.54) is 0 Å². The Hall–Kier alpha value is -2.91. The SMILES string of the molecule is C=C1C[C@H](OCc2ccc(OC)cc2)[C@@H](C)[C@@H]1[C@H](O)[C@@H]1[C@@H](OC(=O)C(=O)OC)[C@@H]1C(=O)OCC. The molecule has 7 atom stereocenters. The molecule has 2 aliphatic rings. The number of ether oxygens (including phenoxy) is 5. The zero-order valence-corrected chi connectivity index (χ0v) is 19.9. The summed E-state index contributed by atoms with van der Waals surface area (Å²) in [5.74, 6) is -4.25. The fourth-order valence-corrected chi connectivity index (χ4v) is 4.76. The van der Waals surface area contributed by atoms with Gasteiger partial charge in [-0.25, -0.2) is 9.59 Å². The number of methoxy groups -OCH3 is 2. The van der Waals surface area contributed by atoms with E-state index in [0.717, 1.165) is 24.0 Å². The molecule has 186 valence electrons. The molecule has 34 heavy (non-hydrogen) atoms. The topological polar surface area (TPSA) is 118 Å². The molecule has 0 spiro atoms. The number of carbonyl (C=O) groups is 3. The highest BCUT2D eigenvalue weighted by molar-refractivity contribution is 6.29. The van der Waals surface area contributed by atoms with Gasteiger partial charge in [0.2, 0.25) is 0 Å². The van der Waals surface area contributed by atoms with E-state index in [1.807, 2.05) is 31.2 Å². The van der Waals surface area contributed by atoms with Crippen molar-refractivity contribution in [3.63, 3.8) is 0 Å². The van der Waals surface area contributed by atoms with Gasteiger partial charge in [0, 0.05) is 11.8 Å². The summed E-state index contributed by atoms with van der Waals surface area (Å²) >= 11 is 0. The number of benzene rings is 1. The number of hydrogen-bond donors (Lipinski definition) is 1. The number of esters is 3. The molecule has 0 saturated heterocycles. The Labute approximate surface area is 199 Å². The smallest absolute Gasteiger partial charge is 0.417 e. The van der Waals surface area contributed by atoms with Crippen molar-refractivity contribution >= 4 is 17.9 Å². The second kappa shape index (κ2) is 11.0. The molecule has 0 unspecified atom stereocenters. The van der Waals surface area contributed by atoms with Gasteiger partial charge in [0.15, 0.2) is 0 Å². The second-order valence-corrected chi connectivity index (χ2v) is 8.65. The van der Waals surface area contributed by atoms with Crippen molar-refractivity contribution in [3.05, 3.63) is 42.0 Å². The molecule has 1 aromatic carbocycles. The highest BCUT2D eigenvalue weighted by atomic mass is 16.6. The minimum absolute atomic E-state index is 0.0962. The maximum absolute atomic E-state index is 12.4. The number of hydrogen-bond acceptors (Lipinski definition) is 9. The van der Waals surface area contributed by atoms with E-state index in [1.54, 1.807) is 14.0 Å². The largest absolute Gasteiger partial charge is 0.497 e. The van der Waals surface area contributed by atoms with Gasteiger partial charge in [0.1, 0.15) is 17.8 Å². The normalized spacial score (nSPS) is 28.7. The maximum Gasteiger partial charge on any atom is 0.417 e. The van der Waals surface area contributed by atoms with Crippen LogP contribution in [0.5, 0.6) is 5.75 Å². The van der Waals surface area contributed by atoms with Crippen LogP contribution in [0.1, 0.15) is 25.8 Å². The summed E-state index contributed by atoms with van der Waals surface area (Å²) in [7, 11) is 2.66. The Bertz CT molecular complexity index is 909. The molecule has 9 heteroatoms. The van der Waals surface area contributed by atoms with Crippen LogP contribution < -0.4 is 4.74 Å². The van der Waals surface area contributed by atoms with Crippen LogP contribution in [0.15, 0.2) is 36.4 Å². The predicted octanol–water partition coefficient (Wildman–Crippen LogP) is 2.05. The van der Waals surface area contributed by atoms with Crippen molar-refractivity contribution in [2.24, 2.45) is 23.7 Å². The maximum atomic E-state index is 12.4. The first-order valence-electron chi connectivity index (χ1n) is 11.3. The molecule has 0 aromatic heterocycles. The van der Waals surface area contributed by atoms with Crippen molar-refractivity contribution in [3.8, 4) is 5.75 Å². The van der Waals surface area contributed by atoms with Crippen LogP contribution in [0.2, 0.25) is 0 Å². The molecule has 0 amide bonds. The number of carbonyl (C=O) groups excluding carboxylic acids is 3. The Morgan fingerprint density at radius 2 is 1.82 bits per heavy atom. The van der Waals surface area contributed by atoms with Gasteiger partial charge < -0.3 is 28.8 Å². The standard InChI is InChI=1S/C25H32O9/c1-6-32-23(27)20-19(22(20)34-25(29)24(28)31-5)21(26)18-13(2)11-17(14(18)3)33-12-15-7-9-16(30-4)10-8-15/h7-10,14,17-22,26H,2,6,11-12H2,1,3-5H3/t14-,17+,18-,19-,20-,21+,22-/m1/s1. The molecule has 9 nitrogen and oxygen atoms in total. The van der Waals surface area contributed by atoms with Crippen LogP contribution in [0, 0.1) is 23.7 Å². The average molecular weight is 477 g/mol. The molecule has 2 aliphatic carbocycles. The number of aliphatic hydroxyl groups excluding tert-OH is 1. The van der Waals surface area contributed by atoms with Gasteiger partial charge in [0.25, 0.3) is 0 Å². The van der Waals surface area contributed by atoms with Crippen molar-refractivity contribution in [1.29, 1.82) is 0 Å². The molecular weight excluding hydrogens is 444 g/mol. The zero-order valence-electron chi connectivity index (χ0n) is 19.9. The van der Waals surface area contributed by atoms with E-state index in [-0.39, 0.29) is 24.5 Å². The summed E-state index contributed by atoms with van der Waals surface area (Å²) in [6.45, 7) is 8.28. The van der Waals surface area contributed by atoms with Gasteiger partial charge in [-0.05, 0) is 37.0 Å². The Morgan fingerprint density at radius 1 is 1.15 bits per heavy atom. The molecule has 2 fully saturated rings. The van der Waals surface area contributed by atoms with Gasteiger partial charge in [-0.1, -0.05) is 31.2 Å². The van der Waals surface area contributed by atoms with E-state index >= 15 is 0 Å². The van der Waals surface area contributed by atoms with Crippen LogP contribution in [-0.4, -0.2) is 62.2 Å². The van der Waals surface area contributed by atoms with E-state index in [2.05, 4.69) is 11.3 Å². The van der Waals surface area contributed by atoms with Crippen molar-refractivity contribution in [1.82, 2.24) is 0 Å². The molecule has 1 N–H and O–H groups in total. The predicted molar refractivity (Wildman–Crippen MR) is 119 cm³/mol. The van der Waals surface area contributed by atoms with Crippen LogP contribution >= 0.6 is 0 Å². The first-order valence-corrected chi connectivity index (χ1v) is 11.3. The van der Waals surface area contributed by atoms with Crippen LogP contribution in [0.4, 0.5) is 0 Å². The minimum Gasteiger partial charge on any atom is -0.497 e. The van der Waals surface area contributed by atoms with E-state index in [0.29, 0.717) is 13.0 Å². The van der Waals surface area contributed by atoms with Gasteiger partial charge in [0.05, 0.1) is 39.6 Å². The highest BCUT2D eigenvalue weighted by Gasteiger charge is 2.64. The fraction of sp³-hybridized carbons (Fsp3) is 0.560. The third-order valence-corrected chi connectivity index (χ3v) is 6.63. The first kappa shape index (κ1) is 25.7. The molecule has 0 aliphatic heterocycles. The Morgan fingerprint density at radius 3 is 2.41 bits per heavy atom. The summed E-state index contributed by atoms with van der Waals surface area (Å²) in [5.41, 5.74) is 1.79. The molecule has 2 saturated carbocycles. The molecule has 3 rings (SSSR count). The third-order valence-electron chi connectivity index (χ3n) is 6.63. The number of aliphatic hydroxyl groups is 1. The second-order valence-electron chi connectivity index (χ2n) is 8.65. The lowest BCUT2D eigenvalue weighted by Crippen LogP contribution is -2.31. The molecule has 1 aromatic rings. The van der Waals surface area contributed by atoms with Gasteiger partial charge in [-0.15, -0.1) is 0 Å². The lowest BCUT2D eigenvalue weighted by atomic mass is 9.86. The van der Waals surface area contributed by atoms with Crippen molar-refractivity contribution in [2.45, 2.75) is 45.2 Å². The summed E-state index contributed by atoms with van der Waals surface area (Å²) < 4.78 is 25.9. The Balaban J connectivity index is 1.66. The van der Waals surface area contributed by atoms with E-state index in [9.17, 15) is 19.5 Å². The van der Waals surface area contributed by atoms with Crippen LogP contribution in [0.25, 0.3) is 0 Å². The summed E-state index contributed by atoms with van der Waals surface area (Å²) in [4.78, 5) is 35.8. The molecule has 0 heterocycles. The van der Waals surface area contributed by atoms with Crippen LogP contribution in [-0.2, 0) is 39.9 Å². The van der Waals surface area contributed by atoms with Crippen LogP contribution in [0.3, 0.4) is 0 Å². The molecule has 0 radical (unpaired) electrons. The number of rotatable bonds is 9. The summed E-state index contributed by atoms with van der Waals surface area (Å²) in [6, 6.07) is 7.57. The summed E-state index contributed by atoms with van der Waals surface area (Å²) in [5, 5.41) is 11.2. The fourth-order valence-electron chi connectivity index (χ4n) is 4.76. The highest BCUT2D eigenvalue weighted by Crippen LogP contribution is 2.52. The zero-order chi connectivity index (χ0) is 25.0. The Kier molecular flexibility index (Phi) is 8.33. The molecule has 0 bridgehead atoms.